The average molecular weight is 220 g/mol. The molecule has 1 heterocycles. The van der Waals surface area contributed by atoms with Crippen LogP contribution in [0.15, 0.2) is 18.2 Å². The minimum atomic E-state index is 0.209. The fourth-order valence-electron chi connectivity index (χ4n) is 2.51. The second-order valence-corrected chi connectivity index (χ2v) is 4.69. The van der Waals surface area contributed by atoms with Crippen LogP contribution in [0.25, 0.3) is 0 Å². The van der Waals surface area contributed by atoms with Crippen LogP contribution in [0.5, 0.6) is 0 Å². The molecule has 0 saturated carbocycles. The highest BCUT2D eigenvalue weighted by Crippen LogP contribution is 2.29. The van der Waals surface area contributed by atoms with Gasteiger partial charge in [0.05, 0.1) is 12.6 Å². The van der Waals surface area contributed by atoms with Crippen LogP contribution >= 0.6 is 0 Å². The largest absolute Gasteiger partial charge is 0.381 e. The summed E-state index contributed by atoms with van der Waals surface area (Å²) in [6, 6.07) is 6.80. The number of rotatable bonds is 3. The van der Waals surface area contributed by atoms with E-state index in [2.05, 4.69) is 37.5 Å². The summed E-state index contributed by atoms with van der Waals surface area (Å²) in [4.78, 5) is 0. The van der Waals surface area contributed by atoms with Gasteiger partial charge in [0.15, 0.2) is 0 Å². The summed E-state index contributed by atoms with van der Waals surface area (Å²) in [6.45, 7) is 5.90. The maximum atomic E-state index is 5.68. The van der Waals surface area contributed by atoms with Crippen molar-refractivity contribution in [3.63, 3.8) is 0 Å². The van der Waals surface area contributed by atoms with Crippen LogP contribution in [-0.4, -0.2) is 13.2 Å². The van der Waals surface area contributed by atoms with Crippen LogP contribution in [-0.2, 0) is 4.74 Å². The lowest BCUT2D eigenvalue weighted by Gasteiger charge is -2.22. The van der Waals surface area contributed by atoms with E-state index in [1.54, 1.807) is 0 Å². The van der Waals surface area contributed by atoms with E-state index in [1.165, 1.54) is 16.7 Å². The van der Waals surface area contributed by atoms with Gasteiger partial charge in [-0.15, -0.1) is 0 Å². The summed E-state index contributed by atoms with van der Waals surface area (Å²) in [7, 11) is 0. The molecular weight excluding hydrogens is 200 g/mol. The molecule has 2 rings (SSSR count). The minimum Gasteiger partial charge on any atom is -0.381 e. The number of nitrogens with two attached hydrogens (primary N) is 1. The lowest BCUT2D eigenvalue weighted by Crippen LogP contribution is -2.34. The number of hydrogen-bond donors (Lipinski definition) is 2. The Hall–Kier alpha value is -0.900. The van der Waals surface area contributed by atoms with Gasteiger partial charge in [-0.05, 0) is 25.8 Å². The quantitative estimate of drug-likeness (QED) is 0.603. The first-order valence-corrected chi connectivity index (χ1v) is 5.83. The van der Waals surface area contributed by atoms with Gasteiger partial charge in [-0.2, -0.15) is 0 Å². The monoisotopic (exact) mass is 220 g/mol. The summed E-state index contributed by atoms with van der Waals surface area (Å²) < 4.78 is 5.43. The molecule has 1 aliphatic heterocycles. The lowest BCUT2D eigenvalue weighted by atomic mass is 9.91. The minimum absolute atomic E-state index is 0.209. The highest BCUT2D eigenvalue weighted by atomic mass is 16.5. The van der Waals surface area contributed by atoms with Crippen molar-refractivity contribution in [1.82, 2.24) is 5.43 Å². The Bertz CT molecular complexity index is 339. The third-order valence-electron chi connectivity index (χ3n) is 3.22. The number of aryl methyl sites for hydroxylation is 2. The summed E-state index contributed by atoms with van der Waals surface area (Å²) >= 11 is 0. The Morgan fingerprint density at radius 2 is 2.00 bits per heavy atom. The van der Waals surface area contributed by atoms with Crippen molar-refractivity contribution in [3.8, 4) is 0 Å². The fourth-order valence-corrected chi connectivity index (χ4v) is 2.51. The van der Waals surface area contributed by atoms with E-state index in [4.69, 9.17) is 10.6 Å². The standard InChI is InChI=1S/C13H20N2O/c1-9-5-10(2)7-12(6-9)13(15-14)11-3-4-16-8-11/h5-7,11,13,15H,3-4,8,14H2,1-2H3. The molecule has 1 saturated heterocycles. The van der Waals surface area contributed by atoms with Gasteiger partial charge in [0, 0.05) is 12.5 Å². The molecule has 3 N–H and O–H groups in total. The maximum Gasteiger partial charge on any atom is 0.0513 e. The van der Waals surface area contributed by atoms with Gasteiger partial charge in [-0.1, -0.05) is 29.3 Å². The van der Waals surface area contributed by atoms with E-state index >= 15 is 0 Å². The van der Waals surface area contributed by atoms with Crippen LogP contribution in [0.4, 0.5) is 0 Å². The molecule has 0 radical (unpaired) electrons. The Kier molecular flexibility index (Phi) is 3.59. The average Bonchev–Trinajstić information content (AvgIpc) is 2.70. The predicted molar refractivity (Wildman–Crippen MR) is 64.9 cm³/mol. The predicted octanol–water partition coefficient (Wildman–Crippen LogP) is 1.84. The smallest absolute Gasteiger partial charge is 0.0513 e. The lowest BCUT2D eigenvalue weighted by molar-refractivity contribution is 0.177. The molecule has 88 valence electrons. The molecule has 1 aromatic rings. The molecule has 0 amide bonds. The first-order chi connectivity index (χ1) is 7.70. The molecule has 1 fully saturated rings. The Labute approximate surface area is 97.0 Å². The van der Waals surface area contributed by atoms with Gasteiger partial charge in [0.2, 0.25) is 0 Å². The highest BCUT2D eigenvalue weighted by molar-refractivity contribution is 5.31. The molecule has 3 nitrogen and oxygen atoms in total. The summed E-state index contributed by atoms with van der Waals surface area (Å²) in [6.07, 6.45) is 1.09. The first-order valence-electron chi connectivity index (χ1n) is 5.83. The van der Waals surface area contributed by atoms with E-state index in [-0.39, 0.29) is 6.04 Å². The molecule has 0 spiro atoms. The van der Waals surface area contributed by atoms with E-state index in [0.717, 1.165) is 19.6 Å². The molecule has 0 bridgehead atoms. The topological polar surface area (TPSA) is 47.3 Å². The van der Waals surface area contributed by atoms with Crippen molar-refractivity contribution >= 4 is 0 Å². The second kappa shape index (κ2) is 4.95. The van der Waals surface area contributed by atoms with E-state index < -0.39 is 0 Å². The number of hydrazine groups is 1. The molecule has 16 heavy (non-hydrogen) atoms. The second-order valence-electron chi connectivity index (χ2n) is 4.69. The molecule has 3 heteroatoms. The maximum absolute atomic E-state index is 5.68. The van der Waals surface area contributed by atoms with Crippen molar-refractivity contribution in [2.24, 2.45) is 11.8 Å². The Morgan fingerprint density at radius 1 is 1.31 bits per heavy atom. The van der Waals surface area contributed by atoms with Crippen molar-refractivity contribution in [2.45, 2.75) is 26.3 Å². The van der Waals surface area contributed by atoms with Crippen LogP contribution in [0.2, 0.25) is 0 Å². The zero-order valence-electron chi connectivity index (χ0n) is 9.99. The molecule has 0 aromatic heterocycles. The summed E-state index contributed by atoms with van der Waals surface area (Å²) in [5.41, 5.74) is 6.78. The normalized spacial score (nSPS) is 22.3. The molecule has 2 unspecified atom stereocenters. The van der Waals surface area contributed by atoms with Gasteiger partial charge in [0.25, 0.3) is 0 Å². The van der Waals surface area contributed by atoms with Crippen LogP contribution in [0, 0.1) is 19.8 Å². The van der Waals surface area contributed by atoms with E-state index in [0.29, 0.717) is 5.92 Å². The van der Waals surface area contributed by atoms with Crippen LogP contribution < -0.4 is 11.3 Å². The molecule has 0 aliphatic carbocycles. The third-order valence-corrected chi connectivity index (χ3v) is 3.22. The van der Waals surface area contributed by atoms with Gasteiger partial charge >= 0.3 is 0 Å². The zero-order valence-corrected chi connectivity index (χ0v) is 9.99. The third kappa shape index (κ3) is 2.43. The van der Waals surface area contributed by atoms with Gasteiger partial charge in [-0.3, -0.25) is 11.3 Å². The van der Waals surface area contributed by atoms with Gasteiger partial charge < -0.3 is 4.74 Å². The van der Waals surface area contributed by atoms with Gasteiger partial charge in [0.1, 0.15) is 0 Å². The molecule has 1 aromatic carbocycles. The number of hydrogen-bond acceptors (Lipinski definition) is 3. The van der Waals surface area contributed by atoms with Crippen LogP contribution in [0.3, 0.4) is 0 Å². The van der Waals surface area contributed by atoms with E-state index in [9.17, 15) is 0 Å². The van der Waals surface area contributed by atoms with E-state index in [1.807, 2.05) is 0 Å². The van der Waals surface area contributed by atoms with Crippen molar-refractivity contribution in [3.05, 3.63) is 34.9 Å². The Morgan fingerprint density at radius 3 is 2.50 bits per heavy atom. The highest BCUT2D eigenvalue weighted by Gasteiger charge is 2.26. The van der Waals surface area contributed by atoms with Crippen molar-refractivity contribution < 1.29 is 4.74 Å². The number of nitrogens with one attached hydrogen (secondary N) is 1. The van der Waals surface area contributed by atoms with Crippen molar-refractivity contribution in [1.29, 1.82) is 0 Å². The molecular formula is C13H20N2O. The summed E-state index contributed by atoms with van der Waals surface area (Å²) in [5, 5.41) is 0. The van der Waals surface area contributed by atoms with Crippen molar-refractivity contribution in [2.75, 3.05) is 13.2 Å². The SMILES string of the molecule is Cc1cc(C)cc(C(NN)C2CCOC2)c1. The number of ether oxygens (including phenoxy) is 1. The molecule has 2 atom stereocenters. The first kappa shape index (κ1) is 11.6. The number of benzene rings is 1. The molecule has 1 aliphatic rings. The van der Waals surface area contributed by atoms with Gasteiger partial charge in [-0.25, -0.2) is 0 Å². The summed E-state index contributed by atoms with van der Waals surface area (Å²) in [5.74, 6) is 6.17. The van der Waals surface area contributed by atoms with Crippen LogP contribution in [0.1, 0.15) is 29.2 Å². The zero-order chi connectivity index (χ0) is 11.5. The Balaban J connectivity index is 2.24. The fraction of sp³-hybridized carbons (Fsp3) is 0.538.